The third-order valence-corrected chi connectivity index (χ3v) is 7.47. The highest BCUT2D eigenvalue weighted by Crippen LogP contribution is 2.29. The minimum atomic E-state index is -4.06. The number of nitrogens with one attached hydrogen (secondary N) is 1. The second kappa shape index (κ2) is 11.5. The van der Waals surface area contributed by atoms with Crippen LogP contribution in [0.25, 0.3) is 0 Å². The van der Waals surface area contributed by atoms with E-state index in [-0.39, 0.29) is 33.9 Å². The first-order valence-electron chi connectivity index (χ1n) is 11.6. The van der Waals surface area contributed by atoms with Crippen LogP contribution in [0.2, 0.25) is 0 Å². The molecule has 1 amide bonds. The van der Waals surface area contributed by atoms with E-state index in [2.05, 4.69) is 10.5 Å². The Bertz CT molecular complexity index is 1590. The highest BCUT2D eigenvalue weighted by atomic mass is 32.2. The van der Waals surface area contributed by atoms with E-state index < -0.39 is 20.9 Å². The van der Waals surface area contributed by atoms with Gasteiger partial charge in [0, 0.05) is 6.07 Å². The Morgan fingerprint density at radius 2 is 1.55 bits per heavy atom. The summed E-state index contributed by atoms with van der Waals surface area (Å²) in [5, 5.41) is 15.1. The molecule has 38 heavy (non-hydrogen) atoms. The van der Waals surface area contributed by atoms with Crippen molar-refractivity contribution in [1.82, 2.24) is 5.43 Å². The Balaban J connectivity index is 1.70. The van der Waals surface area contributed by atoms with Crippen LogP contribution in [0.4, 0.5) is 11.4 Å². The summed E-state index contributed by atoms with van der Waals surface area (Å²) in [4.78, 5) is 23.9. The number of hydrazone groups is 1. The van der Waals surface area contributed by atoms with Gasteiger partial charge in [0.25, 0.3) is 21.6 Å². The molecule has 0 aromatic heterocycles. The van der Waals surface area contributed by atoms with Gasteiger partial charge in [-0.25, -0.2) is 13.8 Å². The van der Waals surface area contributed by atoms with Crippen LogP contribution in [0.5, 0.6) is 0 Å². The van der Waals surface area contributed by atoms with Gasteiger partial charge in [0.1, 0.15) is 0 Å². The predicted octanol–water partition coefficient (Wildman–Crippen LogP) is 5.06. The lowest BCUT2D eigenvalue weighted by Crippen LogP contribution is -2.33. The quantitative estimate of drug-likeness (QED) is 0.185. The van der Waals surface area contributed by atoms with Gasteiger partial charge in [-0.3, -0.25) is 19.2 Å². The fourth-order valence-electron chi connectivity index (χ4n) is 3.75. The highest BCUT2D eigenvalue weighted by Gasteiger charge is 2.28. The van der Waals surface area contributed by atoms with Gasteiger partial charge in [0.15, 0.2) is 0 Å². The Morgan fingerprint density at radius 1 is 0.921 bits per heavy atom. The van der Waals surface area contributed by atoms with Crippen LogP contribution in [-0.2, 0) is 16.6 Å². The van der Waals surface area contributed by atoms with Gasteiger partial charge in [0.05, 0.1) is 39.4 Å². The number of anilines is 1. The van der Waals surface area contributed by atoms with E-state index in [0.717, 1.165) is 11.1 Å². The average Bonchev–Trinajstić information content (AvgIpc) is 2.92. The van der Waals surface area contributed by atoms with Crippen molar-refractivity contribution in [3.05, 3.63) is 135 Å². The van der Waals surface area contributed by atoms with E-state index >= 15 is 0 Å². The molecule has 0 bridgehead atoms. The number of nitro benzene ring substituents is 1. The molecule has 0 saturated carbocycles. The first kappa shape index (κ1) is 26.2. The largest absolute Gasteiger partial charge is 0.278 e. The molecule has 0 atom stereocenters. The molecule has 0 aliphatic heterocycles. The zero-order chi connectivity index (χ0) is 27.1. The van der Waals surface area contributed by atoms with E-state index in [0.29, 0.717) is 0 Å². The molecule has 0 unspecified atom stereocenters. The number of nitro groups is 1. The summed E-state index contributed by atoms with van der Waals surface area (Å²) in [5.41, 5.74) is 4.27. The molecule has 0 aliphatic rings. The SMILES string of the molecule is Cc1ccc(S(=O)(=O)N(Cc2ccccc2)c2ccccc2C(=O)N/N=C/c2ccccc2[N+](=O)[O-])cc1. The van der Waals surface area contributed by atoms with Crippen LogP contribution in [0.1, 0.15) is 27.0 Å². The normalized spacial score (nSPS) is 11.3. The number of benzene rings is 4. The van der Waals surface area contributed by atoms with Crippen molar-refractivity contribution in [2.24, 2.45) is 5.10 Å². The van der Waals surface area contributed by atoms with E-state index in [4.69, 9.17) is 0 Å². The van der Waals surface area contributed by atoms with Crippen molar-refractivity contribution in [2.45, 2.75) is 18.4 Å². The Morgan fingerprint density at radius 3 is 2.26 bits per heavy atom. The molecule has 0 radical (unpaired) electrons. The van der Waals surface area contributed by atoms with Crippen LogP contribution in [0.15, 0.2) is 113 Å². The molecule has 9 nitrogen and oxygen atoms in total. The zero-order valence-corrected chi connectivity index (χ0v) is 21.2. The molecule has 4 aromatic carbocycles. The van der Waals surface area contributed by atoms with Crippen LogP contribution >= 0.6 is 0 Å². The number of para-hydroxylation sites is 2. The molecular weight excluding hydrogens is 504 g/mol. The molecule has 0 fully saturated rings. The average molecular weight is 529 g/mol. The molecular formula is C28H24N4O5S. The van der Waals surface area contributed by atoms with Crippen molar-refractivity contribution < 1.29 is 18.1 Å². The summed E-state index contributed by atoms with van der Waals surface area (Å²) in [7, 11) is -4.06. The number of nitrogens with zero attached hydrogens (tertiary/aromatic N) is 3. The van der Waals surface area contributed by atoms with Gasteiger partial charge in [-0.05, 0) is 42.8 Å². The number of sulfonamides is 1. The topological polar surface area (TPSA) is 122 Å². The van der Waals surface area contributed by atoms with E-state index in [9.17, 15) is 23.3 Å². The predicted molar refractivity (Wildman–Crippen MR) is 146 cm³/mol. The number of amides is 1. The number of carbonyl (C=O) groups is 1. The molecule has 10 heteroatoms. The minimum Gasteiger partial charge on any atom is -0.267 e. The van der Waals surface area contributed by atoms with E-state index in [1.807, 2.05) is 25.1 Å². The van der Waals surface area contributed by atoms with Gasteiger partial charge < -0.3 is 0 Å². The number of hydrogen-bond donors (Lipinski definition) is 1. The first-order chi connectivity index (χ1) is 18.3. The van der Waals surface area contributed by atoms with Crippen LogP contribution < -0.4 is 9.73 Å². The summed E-state index contributed by atoms with van der Waals surface area (Å²) in [6.45, 7) is 1.85. The summed E-state index contributed by atoms with van der Waals surface area (Å²) >= 11 is 0. The summed E-state index contributed by atoms with van der Waals surface area (Å²) < 4.78 is 28.8. The summed E-state index contributed by atoms with van der Waals surface area (Å²) in [6.07, 6.45) is 1.17. The van der Waals surface area contributed by atoms with E-state index in [1.54, 1.807) is 48.5 Å². The third-order valence-electron chi connectivity index (χ3n) is 5.70. The maximum absolute atomic E-state index is 13.8. The fraction of sp³-hybridized carbons (Fsp3) is 0.0714. The summed E-state index contributed by atoms with van der Waals surface area (Å²) in [6, 6.07) is 27.8. The van der Waals surface area contributed by atoms with Crippen molar-refractivity contribution in [1.29, 1.82) is 0 Å². The van der Waals surface area contributed by atoms with Crippen LogP contribution in [-0.4, -0.2) is 25.5 Å². The lowest BCUT2D eigenvalue weighted by Gasteiger charge is -2.26. The second-order valence-corrected chi connectivity index (χ2v) is 10.2. The molecule has 192 valence electrons. The number of rotatable bonds is 9. The molecule has 0 saturated heterocycles. The Labute approximate surface area is 220 Å². The third kappa shape index (κ3) is 5.93. The standard InChI is InChI=1S/C28H24N4O5S/c1-21-15-17-24(18-16-21)38(36,37)31(20-22-9-3-2-4-10-22)27-14-8-6-12-25(27)28(33)30-29-19-23-11-5-7-13-26(23)32(34)35/h2-19H,20H2,1H3,(H,30,33)/b29-19+. The van der Waals surface area contributed by atoms with Gasteiger partial charge in [-0.1, -0.05) is 72.3 Å². The van der Waals surface area contributed by atoms with Gasteiger partial charge in [-0.15, -0.1) is 0 Å². The molecule has 1 N–H and O–H groups in total. The monoisotopic (exact) mass is 528 g/mol. The van der Waals surface area contributed by atoms with Crippen LogP contribution in [0, 0.1) is 17.0 Å². The Kier molecular flexibility index (Phi) is 7.93. The fourth-order valence-corrected chi connectivity index (χ4v) is 5.22. The maximum atomic E-state index is 13.8. The minimum absolute atomic E-state index is 0.0131. The van der Waals surface area contributed by atoms with Gasteiger partial charge in [-0.2, -0.15) is 5.10 Å². The number of hydrogen-bond acceptors (Lipinski definition) is 6. The van der Waals surface area contributed by atoms with Crippen molar-refractivity contribution in [3.63, 3.8) is 0 Å². The molecule has 0 spiro atoms. The van der Waals surface area contributed by atoms with Crippen molar-refractivity contribution >= 4 is 33.5 Å². The zero-order valence-electron chi connectivity index (χ0n) is 20.4. The number of carbonyl (C=O) groups excluding carboxylic acids is 1. The Hall–Kier alpha value is -4.83. The second-order valence-electron chi connectivity index (χ2n) is 8.34. The molecule has 4 rings (SSSR count). The molecule has 0 heterocycles. The molecule has 4 aromatic rings. The van der Waals surface area contributed by atoms with Gasteiger partial charge in [0.2, 0.25) is 0 Å². The smallest absolute Gasteiger partial charge is 0.267 e. The maximum Gasteiger partial charge on any atom is 0.278 e. The van der Waals surface area contributed by atoms with Gasteiger partial charge >= 0.3 is 0 Å². The lowest BCUT2D eigenvalue weighted by atomic mass is 10.1. The van der Waals surface area contributed by atoms with Crippen molar-refractivity contribution in [3.8, 4) is 0 Å². The number of aryl methyl sites for hydroxylation is 1. The lowest BCUT2D eigenvalue weighted by molar-refractivity contribution is -0.385. The van der Waals surface area contributed by atoms with E-state index in [1.165, 1.54) is 46.9 Å². The van der Waals surface area contributed by atoms with Crippen LogP contribution in [0.3, 0.4) is 0 Å². The summed E-state index contributed by atoms with van der Waals surface area (Å²) in [5.74, 6) is -0.674. The van der Waals surface area contributed by atoms with Crippen molar-refractivity contribution in [2.75, 3.05) is 4.31 Å². The highest BCUT2D eigenvalue weighted by molar-refractivity contribution is 7.92. The molecule has 0 aliphatic carbocycles. The first-order valence-corrected chi connectivity index (χ1v) is 13.0.